The normalized spacial score (nSPS) is 12.3. The van der Waals surface area contributed by atoms with Gasteiger partial charge in [-0.1, -0.05) is 38.1 Å². The number of rotatable bonds is 9. The van der Waals surface area contributed by atoms with Crippen molar-refractivity contribution in [3.63, 3.8) is 0 Å². The van der Waals surface area contributed by atoms with Crippen LogP contribution in [-0.4, -0.2) is 48.3 Å². The molecule has 180 valence electrons. The van der Waals surface area contributed by atoms with Gasteiger partial charge >= 0.3 is 0 Å². The van der Waals surface area contributed by atoms with Crippen molar-refractivity contribution in [3.05, 3.63) is 60.4 Å². The van der Waals surface area contributed by atoms with Crippen molar-refractivity contribution < 1.29 is 19.7 Å². The summed E-state index contributed by atoms with van der Waals surface area (Å²) in [6.07, 6.45) is 0.226. The fraction of sp³-hybridized carbons (Fsp3) is 0.385. The van der Waals surface area contributed by atoms with Gasteiger partial charge in [-0.2, -0.15) is 10.2 Å². The molecule has 4 rings (SSSR count). The first-order chi connectivity index (χ1) is 16.2. The molecule has 0 bridgehead atoms. The summed E-state index contributed by atoms with van der Waals surface area (Å²) in [5.74, 6) is 1.21. The lowest BCUT2D eigenvalue weighted by Gasteiger charge is -2.26. The largest absolute Gasteiger partial charge is 0.493 e. The Balaban J connectivity index is 1.79. The molecule has 0 aliphatic heterocycles. The molecule has 4 aromatic rings. The molecule has 8 heteroatoms. The zero-order valence-electron chi connectivity index (χ0n) is 20.3. The van der Waals surface area contributed by atoms with Gasteiger partial charge in [-0.25, -0.2) is 4.68 Å². The molecule has 8 nitrogen and oxygen atoms in total. The number of aromatic nitrogens is 4. The van der Waals surface area contributed by atoms with Crippen LogP contribution < -0.4 is 4.74 Å². The smallest absolute Gasteiger partial charge is 0.180 e. The topological polar surface area (TPSA) is 94.6 Å². The first kappa shape index (κ1) is 23.9. The Morgan fingerprint density at radius 2 is 1.82 bits per heavy atom. The molecular formula is C26H32N4O4. The molecule has 0 saturated carbocycles. The third-order valence-corrected chi connectivity index (χ3v) is 5.65. The Bertz CT molecular complexity index is 1270. The summed E-state index contributed by atoms with van der Waals surface area (Å²) >= 11 is 0. The van der Waals surface area contributed by atoms with Gasteiger partial charge in [0.05, 0.1) is 42.0 Å². The van der Waals surface area contributed by atoms with Crippen LogP contribution in [0.4, 0.5) is 0 Å². The maximum Gasteiger partial charge on any atom is 0.180 e. The summed E-state index contributed by atoms with van der Waals surface area (Å²) in [5, 5.41) is 29.5. The molecule has 0 aliphatic carbocycles. The highest BCUT2D eigenvalue weighted by Crippen LogP contribution is 2.31. The predicted molar refractivity (Wildman–Crippen MR) is 131 cm³/mol. The molecule has 0 radical (unpaired) electrons. The Labute approximate surface area is 199 Å². The number of benzene rings is 2. The number of para-hydroxylation sites is 1. The standard InChI is InChI=1S/C26H32N4O4/c1-17(2)15-33-21-10-6-8-18(12-21)23-13-20(16-34-26(3,4)25(31)32)28-30(23)22-11-7-9-19-14-27-29(5)24(19)22/h6-14,17,25,31-32H,15-16H2,1-5H3. The number of nitrogens with zero attached hydrogens (tertiary/aromatic N) is 4. The Kier molecular flexibility index (Phi) is 6.74. The molecule has 2 aromatic heterocycles. The molecule has 0 saturated heterocycles. The molecule has 2 aromatic carbocycles. The second kappa shape index (κ2) is 9.58. The average molecular weight is 465 g/mol. The van der Waals surface area contributed by atoms with Crippen LogP contribution in [0.3, 0.4) is 0 Å². The molecule has 2 heterocycles. The van der Waals surface area contributed by atoms with E-state index in [9.17, 15) is 10.2 Å². The van der Waals surface area contributed by atoms with Gasteiger partial charge in [0, 0.05) is 18.0 Å². The van der Waals surface area contributed by atoms with E-state index in [1.54, 1.807) is 13.8 Å². The number of fused-ring (bicyclic) bond motifs is 1. The lowest BCUT2D eigenvalue weighted by atomic mass is 10.1. The van der Waals surface area contributed by atoms with Crippen molar-refractivity contribution in [2.45, 2.75) is 46.2 Å². The van der Waals surface area contributed by atoms with Crippen LogP contribution in [-0.2, 0) is 18.4 Å². The van der Waals surface area contributed by atoms with Crippen LogP contribution in [0.15, 0.2) is 54.7 Å². The van der Waals surface area contributed by atoms with Crippen molar-refractivity contribution >= 4 is 10.9 Å². The van der Waals surface area contributed by atoms with E-state index in [1.165, 1.54) is 0 Å². The van der Waals surface area contributed by atoms with Gasteiger partial charge in [-0.15, -0.1) is 0 Å². The average Bonchev–Trinajstić information content (AvgIpc) is 3.40. The lowest BCUT2D eigenvalue weighted by Crippen LogP contribution is -2.38. The zero-order chi connectivity index (χ0) is 24.5. The summed E-state index contributed by atoms with van der Waals surface area (Å²) < 4.78 is 15.5. The van der Waals surface area contributed by atoms with Crippen molar-refractivity contribution in [2.24, 2.45) is 13.0 Å². The Hall–Kier alpha value is -3.20. The monoisotopic (exact) mass is 464 g/mol. The van der Waals surface area contributed by atoms with E-state index in [0.717, 1.165) is 33.6 Å². The first-order valence-electron chi connectivity index (χ1n) is 11.4. The van der Waals surface area contributed by atoms with Crippen LogP contribution in [0.2, 0.25) is 0 Å². The molecule has 34 heavy (non-hydrogen) atoms. The number of aliphatic hydroxyl groups is 2. The highest BCUT2D eigenvalue weighted by atomic mass is 16.6. The van der Waals surface area contributed by atoms with Gasteiger partial charge in [-0.3, -0.25) is 4.68 Å². The second-order valence-corrected chi connectivity index (χ2v) is 9.41. The fourth-order valence-corrected chi connectivity index (χ4v) is 3.62. The van der Waals surface area contributed by atoms with Gasteiger partial charge in [0.15, 0.2) is 6.29 Å². The maximum absolute atomic E-state index is 9.60. The van der Waals surface area contributed by atoms with E-state index in [4.69, 9.17) is 14.6 Å². The molecule has 0 unspecified atom stereocenters. The molecule has 2 N–H and O–H groups in total. The summed E-state index contributed by atoms with van der Waals surface area (Å²) in [7, 11) is 1.91. The van der Waals surface area contributed by atoms with Crippen LogP contribution in [0.25, 0.3) is 27.8 Å². The maximum atomic E-state index is 9.60. The fourth-order valence-electron chi connectivity index (χ4n) is 3.62. The van der Waals surface area contributed by atoms with Crippen molar-refractivity contribution in [1.29, 1.82) is 0 Å². The van der Waals surface area contributed by atoms with E-state index in [-0.39, 0.29) is 6.61 Å². The molecule has 0 aliphatic rings. The minimum Gasteiger partial charge on any atom is -0.493 e. The van der Waals surface area contributed by atoms with Crippen LogP contribution in [0.5, 0.6) is 5.75 Å². The molecular weight excluding hydrogens is 432 g/mol. The minimum absolute atomic E-state index is 0.121. The van der Waals surface area contributed by atoms with E-state index in [1.807, 2.05) is 71.1 Å². The van der Waals surface area contributed by atoms with E-state index in [0.29, 0.717) is 18.2 Å². The van der Waals surface area contributed by atoms with Gasteiger partial charge in [0.25, 0.3) is 0 Å². The van der Waals surface area contributed by atoms with E-state index >= 15 is 0 Å². The van der Waals surface area contributed by atoms with E-state index < -0.39 is 11.9 Å². The lowest BCUT2D eigenvalue weighted by molar-refractivity contribution is -0.197. The third kappa shape index (κ3) is 4.99. The third-order valence-electron chi connectivity index (χ3n) is 5.65. The van der Waals surface area contributed by atoms with Gasteiger partial charge in [0.2, 0.25) is 0 Å². The predicted octanol–water partition coefficient (Wildman–Crippen LogP) is 4.07. The summed E-state index contributed by atoms with van der Waals surface area (Å²) in [6, 6.07) is 15.9. The molecule has 0 atom stereocenters. The second-order valence-electron chi connectivity index (χ2n) is 9.41. The first-order valence-corrected chi connectivity index (χ1v) is 11.4. The number of aliphatic hydroxyl groups excluding tert-OH is 1. The number of aryl methyl sites for hydroxylation is 1. The number of hydrogen-bond acceptors (Lipinski definition) is 6. The summed E-state index contributed by atoms with van der Waals surface area (Å²) in [4.78, 5) is 0. The zero-order valence-corrected chi connectivity index (χ0v) is 20.3. The van der Waals surface area contributed by atoms with Crippen molar-refractivity contribution in [3.8, 4) is 22.7 Å². The quantitative estimate of drug-likeness (QED) is 0.363. The Morgan fingerprint density at radius 3 is 2.56 bits per heavy atom. The van der Waals surface area contributed by atoms with Crippen LogP contribution in [0, 0.1) is 5.92 Å². The van der Waals surface area contributed by atoms with Crippen LogP contribution in [0.1, 0.15) is 33.4 Å². The summed E-state index contributed by atoms with van der Waals surface area (Å²) in [5.41, 5.74) is 3.18. The van der Waals surface area contributed by atoms with Crippen molar-refractivity contribution in [2.75, 3.05) is 6.61 Å². The Morgan fingerprint density at radius 1 is 1.06 bits per heavy atom. The van der Waals surface area contributed by atoms with Crippen LogP contribution >= 0.6 is 0 Å². The molecule has 0 spiro atoms. The van der Waals surface area contributed by atoms with Crippen molar-refractivity contribution in [1.82, 2.24) is 19.6 Å². The minimum atomic E-state index is -1.60. The van der Waals surface area contributed by atoms with Gasteiger partial charge in [0.1, 0.15) is 11.4 Å². The van der Waals surface area contributed by atoms with E-state index in [2.05, 4.69) is 18.9 Å². The molecule has 0 amide bonds. The van der Waals surface area contributed by atoms with Gasteiger partial charge < -0.3 is 19.7 Å². The number of hydrogen-bond donors (Lipinski definition) is 2. The molecule has 0 fully saturated rings. The highest BCUT2D eigenvalue weighted by molar-refractivity contribution is 5.87. The number of ether oxygens (including phenoxy) is 2. The van der Waals surface area contributed by atoms with Gasteiger partial charge in [-0.05, 0) is 44.0 Å². The SMILES string of the molecule is CC(C)COc1cccc(-c2cc(COC(C)(C)C(O)O)nn2-c2cccc3cnn(C)c23)c1. The highest BCUT2D eigenvalue weighted by Gasteiger charge is 2.27. The summed E-state index contributed by atoms with van der Waals surface area (Å²) in [6.45, 7) is 8.24.